The third kappa shape index (κ3) is 2.16. The van der Waals surface area contributed by atoms with E-state index in [1.807, 2.05) is 0 Å². The highest BCUT2D eigenvalue weighted by Crippen LogP contribution is 2.23. The molecule has 0 radical (unpaired) electrons. The summed E-state index contributed by atoms with van der Waals surface area (Å²) in [5.41, 5.74) is 4.00. The second-order valence-electron chi connectivity index (χ2n) is 5.50. The number of benzene rings is 1. The molecule has 18 heavy (non-hydrogen) atoms. The predicted octanol–water partition coefficient (Wildman–Crippen LogP) is 2.13. The van der Waals surface area contributed by atoms with Crippen LogP contribution >= 0.6 is 0 Å². The van der Waals surface area contributed by atoms with Crippen LogP contribution in [0.3, 0.4) is 0 Å². The molecule has 3 rings (SSSR count). The molecule has 1 saturated heterocycles. The molecule has 0 saturated carbocycles. The summed E-state index contributed by atoms with van der Waals surface area (Å²) in [5.74, 6) is 0.834. The summed E-state index contributed by atoms with van der Waals surface area (Å²) in [4.78, 5) is 5.91. The molecule has 2 heterocycles. The van der Waals surface area contributed by atoms with Crippen LogP contribution in [-0.2, 0) is 6.54 Å². The number of hydrogen-bond acceptors (Lipinski definition) is 2. The van der Waals surface area contributed by atoms with Gasteiger partial charge in [0.25, 0.3) is 0 Å². The second-order valence-corrected chi connectivity index (χ2v) is 5.50. The van der Waals surface area contributed by atoms with E-state index in [4.69, 9.17) is 0 Å². The van der Waals surface area contributed by atoms with Gasteiger partial charge in [0.15, 0.2) is 0 Å². The number of aryl methyl sites for hydroxylation is 1. The lowest BCUT2D eigenvalue weighted by Crippen LogP contribution is -2.47. The molecule has 3 nitrogen and oxygen atoms in total. The van der Waals surface area contributed by atoms with Crippen LogP contribution in [0.2, 0.25) is 0 Å². The van der Waals surface area contributed by atoms with E-state index in [0.717, 1.165) is 12.5 Å². The Bertz CT molecular complexity index is 540. The molecule has 1 aromatic heterocycles. The Kier molecular flexibility index (Phi) is 3.10. The van der Waals surface area contributed by atoms with Crippen molar-refractivity contribution in [1.82, 2.24) is 15.2 Å². The molecule has 96 valence electrons. The SMILES string of the molecule is Cc1[nH]c2ccccc2c1CN(C)CC1CNC1. The van der Waals surface area contributed by atoms with Crippen molar-refractivity contribution in [3.05, 3.63) is 35.5 Å². The first-order valence-corrected chi connectivity index (χ1v) is 6.69. The molecule has 3 heteroatoms. The first-order chi connectivity index (χ1) is 8.74. The molecule has 2 aromatic rings. The molecule has 1 aromatic carbocycles. The monoisotopic (exact) mass is 243 g/mol. The zero-order valence-corrected chi connectivity index (χ0v) is 11.2. The van der Waals surface area contributed by atoms with Gasteiger partial charge in [0, 0.05) is 42.8 Å². The Morgan fingerprint density at radius 1 is 1.28 bits per heavy atom. The molecule has 0 atom stereocenters. The molecule has 0 amide bonds. The zero-order chi connectivity index (χ0) is 12.5. The number of rotatable bonds is 4. The van der Waals surface area contributed by atoms with Gasteiger partial charge in [0.1, 0.15) is 0 Å². The highest BCUT2D eigenvalue weighted by atomic mass is 15.1. The largest absolute Gasteiger partial charge is 0.358 e. The maximum absolute atomic E-state index is 3.47. The third-order valence-corrected chi connectivity index (χ3v) is 3.89. The van der Waals surface area contributed by atoms with Gasteiger partial charge in [0.05, 0.1) is 0 Å². The van der Waals surface area contributed by atoms with Crippen LogP contribution in [0, 0.1) is 12.8 Å². The van der Waals surface area contributed by atoms with Gasteiger partial charge in [-0.1, -0.05) is 18.2 Å². The summed E-state index contributed by atoms with van der Waals surface area (Å²) in [6.45, 7) is 6.75. The van der Waals surface area contributed by atoms with E-state index in [9.17, 15) is 0 Å². The average molecular weight is 243 g/mol. The maximum atomic E-state index is 3.47. The summed E-state index contributed by atoms with van der Waals surface area (Å²) in [7, 11) is 2.22. The Balaban J connectivity index is 1.78. The average Bonchev–Trinajstić information content (AvgIpc) is 2.61. The van der Waals surface area contributed by atoms with E-state index >= 15 is 0 Å². The number of nitrogens with one attached hydrogen (secondary N) is 2. The van der Waals surface area contributed by atoms with E-state index in [2.05, 4.69) is 53.4 Å². The fourth-order valence-electron chi connectivity index (χ4n) is 2.79. The third-order valence-electron chi connectivity index (χ3n) is 3.89. The molecule has 1 aliphatic heterocycles. The normalized spacial score (nSPS) is 16.4. The van der Waals surface area contributed by atoms with Crippen LogP contribution in [0.15, 0.2) is 24.3 Å². The highest BCUT2D eigenvalue weighted by molar-refractivity contribution is 5.84. The van der Waals surface area contributed by atoms with E-state index < -0.39 is 0 Å². The summed E-state index contributed by atoms with van der Waals surface area (Å²) in [6, 6.07) is 8.58. The Hall–Kier alpha value is -1.32. The number of fused-ring (bicyclic) bond motifs is 1. The number of nitrogens with zero attached hydrogens (tertiary/aromatic N) is 1. The van der Waals surface area contributed by atoms with E-state index in [1.165, 1.54) is 41.8 Å². The van der Waals surface area contributed by atoms with Crippen molar-refractivity contribution >= 4 is 10.9 Å². The number of aromatic nitrogens is 1. The maximum Gasteiger partial charge on any atom is 0.0459 e. The predicted molar refractivity (Wildman–Crippen MR) is 75.7 cm³/mol. The lowest BCUT2D eigenvalue weighted by atomic mass is 10.0. The number of para-hydroxylation sites is 1. The van der Waals surface area contributed by atoms with Crippen LogP contribution in [0.1, 0.15) is 11.3 Å². The lowest BCUT2D eigenvalue weighted by Gasteiger charge is -2.31. The van der Waals surface area contributed by atoms with Crippen LogP contribution in [0.4, 0.5) is 0 Å². The molecule has 1 fully saturated rings. The van der Waals surface area contributed by atoms with E-state index in [0.29, 0.717) is 0 Å². The standard InChI is InChI=1S/C15H21N3/c1-11-14(10-18(2)9-12-7-16-8-12)13-5-3-4-6-15(13)17-11/h3-6,12,16-17H,7-10H2,1-2H3. The minimum absolute atomic E-state index is 0.834. The minimum Gasteiger partial charge on any atom is -0.358 e. The Morgan fingerprint density at radius 2 is 2.06 bits per heavy atom. The summed E-state index contributed by atoms with van der Waals surface area (Å²) in [5, 5.41) is 4.70. The van der Waals surface area contributed by atoms with Crippen molar-refractivity contribution in [3.8, 4) is 0 Å². The number of H-pyrrole nitrogens is 1. The van der Waals surface area contributed by atoms with Crippen molar-refractivity contribution in [2.45, 2.75) is 13.5 Å². The van der Waals surface area contributed by atoms with E-state index in [1.54, 1.807) is 0 Å². The first-order valence-electron chi connectivity index (χ1n) is 6.69. The van der Waals surface area contributed by atoms with Gasteiger partial charge in [-0.3, -0.25) is 0 Å². The lowest BCUT2D eigenvalue weighted by molar-refractivity contribution is 0.219. The minimum atomic E-state index is 0.834. The summed E-state index contributed by atoms with van der Waals surface area (Å²) >= 11 is 0. The summed E-state index contributed by atoms with van der Waals surface area (Å²) < 4.78 is 0. The van der Waals surface area contributed by atoms with Gasteiger partial charge >= 0.3 is 0 Å². The van der Waals surface area contributed by atoms with Crippen LogP contribution in [0.5, 0.6) is 0 Å². The van der Waals surface area contributed by atoms with Gasteiger partial charge in [-0.05, 0) is 31.5 Å². The molecule has 0 bridgehead atoms. The van der Waals surface area contributed by atoms with Gasteiger partial charge in [0.2, 0.25) is 0 Å². The van der Waals surface area contributed by atoms with Gasteiger partial charge in [-0.15, -0.1) is 0 Å². The van der Waals surface area contributed by atoms with Crippen LogP contribution < -0.4 is 5.32 Å². The fraction of sp³-hybridized carbons (Fsp3) is 0.467. The Labute approximate surface area is 108 Å². The van der Waals surface area contributed by atoms with Gasteiger partial charge in [-0.2, -0.15) is 0 Å². The first kappa shape index (κ1) is 11.8. The van der Waals surface area contributed by atoms with Crippen molar-refractivity contribution in [2.24, 2.45) is 5.92 Å². The van der Waals surface area contributed by atoms with Crippen LogP contribution in [-0.4, -0.2) is 36.6 Å². The smallest absolute Gasteiger partial charge is 0.0459 e. The molecule has 0 aliphatic carbocycles. The van der Waals surface area contributed by atoms with Gasteiger partial charge < -0.3 is 15.2 Å². The van der Waals surface area contributed by atoms with Crippen molar-refractivity contribution in [2.75, 3.05) is 26.7 Å². The van der Waals surface area contributed by atoms with Crippen molar-refractivity contribution < 1.29 is 0 Å². The van der Waals surface area contributed by atoms with Gasteiger partial charge in [-0.25, -0.2) is 0 Å². The molecule has 2 N–H and O–H groups in total. The Morgan fingerprint density at radius 3 is 2.78 bits per heavy atom. The molecular formula is C15H21N3. The molecule has 1 aliphatic rings. The zero-order valence-electron chi connectivity index (χ0n) is 11.2. The van der Waals surface area contributed by atoms with Crippen LogP contribution in [0.25, 0.3) is 10.9 Å². The van der Waals surface area contributed by atoms with E-state index in [-0.39, 0.29) is 0 Å². The molecule has 0 spiro atoms. The number of aromatic amines is 1. The van der Waals surface area contributed by atoms with Crippen molar-refractivity contribution in [3.63, 3.8) is 0 Å². The fourth-order valence-corrected chi connectivity index (χ4v) is 2.79. The molecular weight excluding hydrogens is 222 g/mol. The summed E-state index contributed by atoms with van der Waals surface area (Å²) in [6.07, 6.45) is 0. The number of hydrogen-bond donors (Lipinski definition) is 2. The quantitative estimate of drug-likeness (QED) is 0.862. The molecule has 0 unspecified atom stereocenters. The topological polar surface area (TPSA) is 31.1 Å². The second kappa shape index (κ2) is 4.75. The van der Waals surface area contributed by atoms with Crippen molar-refractivity contribution in [1.29, 1.82) is 0 Å². The highest BCUT2D eigenvalue weighted by Gasteiger charge is 2.19.